The van der Waals surface area contributed by atoms with Gasteiger partial charge in [0.05, 0.1) is 11.6 Å². The Morgan fingerprint density at radius 1 is 1.04 bits per heavy atom. The first kappa shape index (κ1) is 19.1. The SMILES string of the molecule is CC1=C(C(=O)N(C)C)C(c2ccccc2)NC(=S)N1c1ccc(C)c(C)c1. The van der Waals surface area contributed by atoms with E-state index in [0.29, 0.717) is 10.7 Å². The average molecular weight is 380 g/mol. The second kappa shape index (κ2) is 7.53. The molecule has 3 rings (SSSR count). The molecule has 0 aromatic heterocycles. The third kappa shape index (κ3) is 3.60. The van der Waals surface area contributed by atoms with Crippen LogP contribution in [-0.2, 0) is 4.79 Å². The highest BCUT2D eigenvalue weighted by Gasteiger charge is 2.35. The summed E-state index contributed by atoms with van der Waals surface area (Å²) in [6.45, 7) is 6.13. The van der Waals surface area contributed by atoms with Crippen LogP contribution in [-0.4, -0.2) is 30.0 Å². The van der Waals surface area contributed by atoms with E-state index in [-0.39, 0.29) is 11.9 Å². The summed E-state index contributed by atoms with van der Waals surface area (Å²) in [7, 11) is 3.55. The molecule has 1 unspecified atom stereocenters. The van der Waals surface area contributed by atoms with Gasteiger partial charge in [0.15, 0.2) is 5.11 Å². The number of likely N-dealkylation sites (N-methyl/N-ethyl adjacent to an activating group) is 1. The summed E-state index contributed by atoms with van der Waals surface area (Å²) < 4.78 is 0. The number of amides is 1. The summed E-state index contributed by atoms with van der Waals surface area (Å²) in [6, 6.07) is 15.9. The van der Waals surface area contributed by atoms with E-state index in [1.54, 1.807) is 19.0 Å². The summed E-state index contributed by atoms with van der Waals surface area (Å²) in [5.41, 5.74) is 5.96. The summed E-state index contributed by atoms with van der Waals surface area (Å²) in [4.78, 5) is 16.6. The lowest BCUT2D eigenvalue weighted by atomic mass is 9.93. The van der Waals surface area contributed by atoms with Crippen molar-refractivity contribution in [3.63, 3.8) is 0 Å². The molecular formula is C22H25N3OS. The first-order chi connectivity index (χ1) is 12.8. The predicted octanol–water partition coefficient (Wildman–Crippen LogP) is 4.10. The zero-order chi connectivity index (χ0) is 19.7. The molecule has 140 valence electrons. The van der Waals surface area contributed by atoms with Gasteiger partial charge in [0.1, 0.15) is 0 Å². The summed E-state index contributed by atoms with van der Waals surface area (Å²) >= 11 is 5.70. The molecule has 0 radical (unpaired) electrons. The standard InChI is InChI=1S/C22H25N3OS/c1-14-11-12-18(13-15(14)2)25-16(3)19(21(26)24(4)5)20(23-22(25)27)17-9-7-6-8-10-17/h6-13,20H,1-5H3,(H,23,27). The Bertz CT molecular complexity index is 918. The molecule has 4 nitrogen and oxygen atoms in total. The highest BCUT2D eigenvalue weighted by molar-refractivity contribution is 7.80. The Kier molecular flexibility index (Phi) is 5.33. The summed E-state index contributed by atoms with van der Waals surface area (Å²) in [5, 5.41) is 3.98. The van der Waals surface area contributed by atoms with E-state index < -0.39 is 0 Å². The van der Waals surface area contributed by atoms with Crippen LogP contribution in [0.1, 0.15) is 29.7 Å². The third-order valence-corrected chi connectivity index (χ3v) is 5.30. The Hall–Kier alpha value is -2.66. The zero-order valence-corrected chi connectivity index (χ0v) is 17.2. The maximum Gasteiger partial charge on any atom is 0.253 e. The van der Waals surface area contributed by atoms with E-state index in [1.807, 2.05) is 48.2 Å². The van der Waals surface area contributed by atoms with Gasteiger partial charge in [0.2, 0.25) is 0 Å². The van der Waals surface area contributed by atoms with Gasteiger partial charge in [0.25, 0.3) is 5.91 Å². The number of aryl methyl sites for hydroxylation is 2. The molecule has 0 saturated heterocycles. The molecule has 1 aliphatic rings. The zero-order valence-electron chi connectivity index (χ0n) is 16.4. The number of carbonyl (C=O) groups excluding carboxylic acids is 1. The second-order valence-corrected chi connectivity index (χ2v) is 7.48. The minimum Gasteiger partial charge on any atom is -0.351 e. The maximum absolute atomic E-state index is 13.1. The van der Waals surface area contributed by atoms with Gasteiger partial charge < -0.3 is 10.2 Å². The van der Waals surface area contributed by atoms with E-state index in [4.69, 9.17) is 12.2 Å². The van der Waals surface area contributed by atoms with Crippen molar-refractivity contribution in [2.75, 3.05) is 19.0 Å². The number of thiocarbonyl (C=S) groups is 1. The van der Waals surface area contributed by atoms with Crippen molar-refractivity contribution in [1.82, 2.24) is 10.2 Å². The molecule has 0 aliphatic carbocycles. The minimum atomic E-state index is -0.267. The first-order valence-corrected chi connectivity index (χ1v) is 9.37. The third-order valence-electron chi connectivity index (χ3n) is 5.00. The number of rotatable bonds is 3. The fourth-order valence-electron chi connectivity index (χ4n) is 3.33. The van der Waals surface area contributed by atoms with Crippen LogP contribution in [0.4, 0.5) is 5.69 Å². The highest BCUT2D eigenvalue weighted by Crippen LogP contribution is 2.34. The molecule has 0 fully saturated rings. The first-order valence-electron chi connectivity index (χ1n) is 8.96. The van der Waals surface area contributed by atoms with E-state index >= 15 is 0 Å². The fraction of sp³-hybridized carbons (Fsp3) is 0.273. The molecule has 1 N–H and O–H groups in total. The molecule has 1 heterocycles. The van der Waals surface area contributed by atoms with Crippen molar-refractivity contribution >= 4 is 28.9 Å². The highest BCUT2D eigenvalue weighted by atomic mass is 32.1. The Morgan fingerprint density at radius 3 is 2.30 bits per heavy atom. The molecule has 2 aromatic rings. The molecule has 1 amide bonds. The van der Waals surface area contributed by atoms with Crippen molar-refractivity contribution in [2.24, 2.45) is 0 Å². The van der Waals surface area contributed by atoms with E-state index in [2.05, 4.69) is 31.3 Å². The van der Waals surface area contributed by atoms with E-state index in [1.165, 1.54) is 11.1 Å². The van der Waals surface area contributed by atoms with E-state index in [0.717, 1.165) is 16.9 Å². The van der Waals surface area contributed by atoms with Crippen molar-refractivity contribution in [2.45, 2.75) is 26.8 Å². The smallest absolute Gasteiger partial charge is 0.253 e. The van der Waals surface area contributed by atoms with Crippen LogP contribution < -0.4 is 10.2 Å². The van der Waals surface area contributed by atoms with Crippen molar-refractivity contribution < 1.29 is 4.79 Å². The number of nitrogens with zero attached hydrogens (tertiary/aromatic N) is 2. The van der Waals surface area contributed by atoms with Gasteiger partial charge in [-0.2, -0.15) is 0 Å². The van der Waals surface area contributed by atoms with Gasteiger partial charge in [-0.15, -0.1) is 0 Å². The van der Waals surface area contributed by atoms with Gasteiger partial charge >= 0.3 is 0 Å². The van der Waals surface area contributed by atoms with Crippen LogP contribution in [0, 0.1) is 13.8 Å². The minimum absolute atomic E-state index is 0.0230. The summed E-state index contributed by atoms with van der Waals surface area (Å²) in [5.74, 6) is -0.0230. The van der Waals surface area contributed by atoms with Crippen LogP contribution in [0.2, 0.25) is 0 Å². The van der Waals surface area contributed by atoms with Crippen LogP contribution in [0.3, 0.4) is 0 Å². The van der Waals surface area contributed by atoms with Crippen LogP contribution in [0.25, 0.3) is 0 Å². The second-order valence-electron chi connectivity index (χ2n) is 7.10. The molecular weight excluding hydrogens is 354 g/mol. The Morgan fingerprint density at radius 2 is 1.70 bits per heavy atom. The molecule has 2 aromatic carbocycles. The quantitative estimate of drug-likeness (QED) is 0.815. The van der Waals surface area contributed by atoms with Crippen molar-refractivity contribution in [3.8, 4) is 0 Å². The lowest BCUT2D eigenvalue weighted by molar-refractivity contribution is -0.125. The predicted molar refractivity (Wildman–Crippen MR) is 115 cm³/mol. The number of hydrogen-bond donors (Lipinski definition) is 1. The Labute approximate surface area is 166 Å². The van der Waals surface area contributed by atoms with Crippen LogP contribution in [0.5, 0.6) is 0 Å². The monoisotopic (exact) mass is 379 g/mol. The van der Waals surface area contributed by atoms with E-state index in [9.17, 15) is 4.79 Å². The number of benzene rings is 2. The molecule has 0 spiro atoms. The molecule has 5 heteroatoms. The average Bonchev–Trinajstić information content (AvgIpc) is 2.64. The number of nitrogens with one attached hydrogen (secondary N) is 1. The lowest BCUT2D eigenvalue weighted by Gasteiger charge is -2.38. The molecule has 1 atom stereocenters. The van der Waals surface area contributed by atoms with Crippen molar-refractivity contribution in [1.29, 1.82) is 0 Å². The van der Waals surface area contributed by atoms with Gasteiger partial charge in [-0.1, -0.05) is 36.4 Å². The van der Waals surface area contributed by atoms with Crippen LogP contribution in [0.15, 0.2) is 59.8 Å². The molecule has 0 bridgehead atoms. The van der Waals surface area contributed by atoms with Gasteiger partial charge in [-0.05, 0) is 61.8 Å². The number of carbonyl (C=O) groups is 1. The number of allylic oxidation sites excluding steroid dienone is 1. The maximum atomic E-state index is 13.1. The van der Waals surface area contributed by atoms with Gasteiger partial charge in [-0.25, -0.2) is 0 Å². The molecule has 1 aliphatic heterocycles. The topological polar surface area (TPSA) is 35.6 Å². The molecule has 27 heavy (non-hydrogen) atoms. The number of anilines is 1. The summed E-state index contributed by atoms with van der Waals surface area (Å²) in [6.07, 6.45) is 0. The van der Waals surface area contributed by atoms with Gasteiger partial charge in [0, 0.05) is 25.5 Å². The van der Waals surface area contributed by atoms with Gasteiger partial charge in [-0.3, -0.25) is 9.69 Å². The largest absolute Gasteiger partial charge is 0.351 e. The van der Waals surface area contributed by atoms with Crippen LogP contribution >= 0.6 is 12.2 Å². The van der Waals surface area contributed by atoms with Crippen molar-refractivity contribution in [3.05, 3.63) is 76.5 Å². The number of hydrogen-bond acceptors (Lipinski definition) is 2. The molecule has 0 saturated carbocycles. The lowest BCUT2D eigenvalue weighted by Crippen LogP contribution is -2.49. The fourth-order valence-corrected chi connectivity index (χ4v) is 3.69. The Balaban J connectivity index is 2.17. The normalized spacial score (nSPS) is 17.0.